The van der Waals surface area contributed by atoms with E-state index in [0.717, 1.165) is 36.3 Å². The maximum absolute atomic E-state index is 12.9. The van der Waals surface area contributed by atoms with Gasteiger partial charge in [-0.3, -0.25) is 9.59 Å². The van der Waals surface area contributed by atoms with Gasteiger partial charge in [-0.1, -0.05) is 24.3 Å². The topological polar surface area (TPSA) is 58.6 Å². The molecule has 27 heavy (non-hydrogen) atoms. The fraction of sp³-hybridized carbons (Fsp3) is 0.364. The van der Waals surface area contributed by atoms with Gasteiger partial charge >= 0.3 is 0 Å². The van der Waals surface area contributed by atoms with Gasteiger partial charge in [-0.15, -0.1) is 0 Å². The Bertz CT molecular complexity index is 864. The molecular formula is C22H24N2O3. The Morgan fingerprint density at radius 3 is 2.70 bits per heavy atom. The number of ether oxygens (including phenoxy) is 1. The van der Waals surface area contributed by atoms with Crippen LogP contribution in [0.4, 0.5) is 5.69 Å². The Balaban J connectivity index is 1.42. The van der Waals surface area contributed by atoms with Crippen LogP contribution < -0.4 is 10.1 Å². The van der Waals surface area contributed by atoms with Crippen molar-refractivity contribution in [2.75, 3.05) is 18.9 Å². The number of aryl methyl sites for hydroxylation is 1. The summed E-state index contributed by atoms with van der Waals surface area (Å²) in [7, 11) is 1.79. The molecule has 2 aromatic rings. The number of hydrogen-bond acceptors (Lipinski definition) is 3. The zero-order valence-electron chi connectivity index (χ0n) is 15.7. The molecule has 1 aliphatic carbocycles. The fourth-order valence-electron chi connectivity index (χ4n) is 3.43. The Hall–Kier alpha value is -2.82. The molecule has 0 spiro atoms. The quantitative estimate of drug-likeness (QED) is 0.884. The number of carbonyl (C=O) groups excluding carboxylic acids is 2. The van der Waals surface area contributed by atoms with Gasteiger partial charge in [0, 0.05) is 30.6 Å². The highest BCUT2D eigenvalue weighted by Gasteiger charge is 2.30. The van der Waals surface area contributed by atoms with Crippen molar-refractivity contribution in [2.45, 2.75) is 32.3 Å². The molecular weight excluding hydrogens is 340 g/mol. The summed E-state index contributed by atoms with van der Waals surface area (Å²) in [6, 6.07) is 13.5. The van der Waals surface area contributed by atoms with E-state index in [2.05, 4.69) is 11.4 Å². The van der Waals surface area contributed by atoms with Crippen LogP contribution in [0.5, 0.6) is 5.75 Å². The molecule has 0 radical (unpaired) electrons. The summed E-state index contributed by atoms with van der Waals surface area (Å²) in [6.07, 6.45) is 2.69. The molecule has 0 unspecified atom stereocenters. The smallest absolute Gasteiger partial charge is 0.253 e. The second-order valence-electron chi connectivity index (χ2n) is 7.53. The normalized spacial score (nSPS) is 17.8. The van der Waals surface area contributed by atoms with Crippen molar-refractivity contribution >= 4 is 17.5 Å². The van der Waals surface area contributed by atoms with Crippen molar-refractivity contribution in [3.63, 3.8) is 0 Å². The van der Waals surface area contributed by atoms with Crippen LogP contribution in [-0.2, 0) is 11.2 Å². The fourth-order valence-corrected chi connectivity index (χ4v) is 3.43. The molecule has 0 bridgehead atoms. The molecule has 1 N–H and O–H groups in total. The molecule has 2 aromatic carbocycles. The van der Waals surface area contributed by atoms with Gasteiger partial charge in [-0.25, -0.2) is 0 Å². The number of nitrogens with zero attached hydrogens (tertiary/aromatic N) is 1. The minimum Gasteiger partial charge on any atom is -0.488 e. The molecule has 4 rings (SSSR count). The molecule has 0 saturated heterocycles. The van der Waals surface area contributed by atoms with Gasteiger partial charge in [-0.2, -0.15) is 0 Å². The lowest BCUT2D eigenvalue weighted by molar-refractivity contribution is -0.117. The molecule has 0 aromatic heterocycles. The van der Waals surface area contributed by atoms with E-state index in [1.165, 1.54) is 5.56 Å². The van der Waals surface area contributed by atoms with E-state index in [-0.39, 0.29) is 23.8 Å². The zero-order chi connectivity index (χ0) is 19.0. The maximum atomic E-state index is 12.9. The first kappa shape index (κ1) is 17.6. The first-order chi connectivity index (χ1) is 13.0. The van der Waals surface area contributed by atoms with Crippen LogP contribution in [0.15, 0.2) is 42.5 Å². The van der Waals surface area contributed by atoms with Crippen molar-refractivity contribution in [3.05, 3.63) is 59.2 Å². The van der Waals surface area contributed by atoms with Gasteiger partial charge in [0.2, 0.25) is 5.91 Å². The van der Waals surface area contributed by atoms with Gasteiger partial charge in [0.25, 0.3) is 5.91 Å². The molecule has 1 atom stereocenters. The standard InChI is InChI=1S/C22H24N2O3/c1-14-7-8-17(12-19(14)23-21(25)15-9-10-15)22(26)24(2)13-18-11-16-5-3-4-6-20(16)27-18/h3-8,12,15,18H,9-11,13H2,1-2H3,(H,23,25)/t18-/m1/s1. The highest BCUT2D eigenvalue weighted by molar-refractivity contribution is 5.98. The average molecular weight is 364 g/mol. The molecule has 5 nitrogen and oxygen atoms in total. The van der Waals surface area contributed by atoms with Crippen LogP contribution in [-0.4, -0.2) is 36.4 Å². The number of anilines is 1. The van der Waals surface area contributed by atoms with Crippen molar-refractivity contribution in [1.82, 2.24) is 4.90 Å². The van der Waals surface area contributed by atoms with Crippen molar-refractivity contribution in [2.24, 2.45) is 5.92 Å². The number of hydrogen-bond donors (Lipinski definition) is 1. The average Bonchev–Trinajstić information content (AvgIpc) is 3.43. The van der Waals surface area contributed by atoms with E-state index < -0.39 is 0 Å². The minimum absolute atomic E-state index is 0.0316. The van der Waals surface area contributed by atoms with E-state index >= 15 is 0 Å². The molecule has 2 aliphatic rings. The lowest BCUT2D eigenvalue weighted by atomic mass is 10.1. The molecule has 1 fully saturated rings. The first-order valence-corrected chi connectivity index (χ1v) is 9.43. The number of para-hydroxylation sites is 1. The summed E-state index contributed by atoms with van der Waals surface area (Å²) in [6.45, 7) is 2.45. The van der Waals surface area contributed by atoms with Crippen LogP contribution in [0.2, 0.25) is 0 Å². The van der Waals surface area contributed by atoms with E-state index in [4.69, 9.17) is 4.74 Å². The molecule has 1 heterocycles. The number of amides is 2. The van der Waals surface area contributed by atoms with E-state index in [1.807, 2.05) is 37.3 Å². The SMILES string of the molecule is Cc1ccc(C(=O)N(C)C[C@H]2Cc3ccccc3O2)cc1NC(=O)C1CC1. The second kappa shape index (κ2) is 7.06. The Morgan fingerprint density at radius 1 is 1.19 bits per heavy atom. The second-order valence-corrected chi connectivity index (χ2v) is 7.53. The third-order valence-corrected chi connectivity index (χ3v) is 5.23. The molecule has 5 heteroatoms. The van der Waals surface area contributed by atoms with E-state index in [0.29, 0.717) is 12.1 Å². The number of likely N-dealkylation sites (N-methyl/N-ethyl adjacent to an activating group) is 1. The van der Waals surface area contributed by atoms with Crippen molar-refractivity contribution < 1.29 is 14.3 Å². The largest absolute Gasteiger partial charge is 0.488 e. The lowest BCUT2D eigenvalue weighted by Gasteiger charge is -2.21. The summed E-state index contributed by atoms with van der Waals surface area (Å²) in [5, 5.41) is 2.96. The summed E-state index contributed by atoms with van der Waals surface area (Å²) < 4.78 is 5.94. The zero-order valence-corrected chi connectivity index (χ0v) is 15.7. The summed E-state index contributed by atoms with van der Waals surface area (Å²) >= 11 is 0. The molecule has 140 valence electrons. The number of benzene rings is 2. The molecule has 1 aliphatic heterocycles. The predicted molar refractivity (Wildman–Crippen MR) is 104 cm³/mol. The Labute approximate surface area is 159 Å². The number of nitrogens with one attached hydrogen (secondary N) is 1. The van der Waals surface area contributed by atoms with Gasteiger partial charge in [-0.05, 0) is 49.1 Å². The highest BCUT2D eigenvalue weighted by atomic mass is 16.5. The number of carbonyl (C=O) groups is 2. The minimum atomic E-state index is -0.0727. The third-order valence-electron chi connectivity index (χ3n) is 5.23. The van der Waals surface area contributed by atoms with Crippen LogP contribution in [0, 0.1) is 12.8 Å². The van der Waals surface area contributed by atoms with Gasteiger partial charge < -0.3 is 15.0 Å². The molecule has 2 amide bonds. The van der Waals surface area contributed by atoms with Gasteiger partial charge in [0.15, 0.2) is 0 Å². The highest BCUT2D eigenvalue weighted by Crippen LogP contribution is 2.31. The van der Waals surface area contributed by atoms with Gasteiger partial charge in [0.05, 0.1) is 6.54 Å². The monoisotopic (exact) mass is 364 g/mol. The van der Waals surface area contributed by atoms with E-state index in [9.17, 15) is 9.59 Å². The van der Waals surface area contributed by atoms with Crippen molar-refractivity contribution in [3.8, 4) is 5.75 Å². The van der Waals surface area contributed by atoms with Crippen LogP contribution in [0.3, 0.4) is 0 Å². The Morgan fingerprint density at radius 2 is 1.96 bits per heavy atom. The van der Waals surface area contributed by atoms with E-state index in [1.54, 1.807) is 18.0 Å². The van der Waals surface area contributed by atoms with Gasteiger partial charge in [0.1, 0.15) is 11.9 Å². The van der Waals surface area contributed by atoms with Crippen LogP contribution in [0.25, 0.3) is 0 Å². The van der Waals surface area contributed by atoms with Crippen LogP contribution in [0.1, 0.15) is 34.3 Å². The third kappa shape index (κ3) is 3.82. The number of rotatable bonds is 5. The summed E-state index contributed by atoms with van der Waals surface area (Å²) in [4.78, 5) is 26.6. The molecule has 1 saturated carbocycles. The lowest BCUT2D eigenvalue weighted by Crippen LogP contribution is -2.36. The number of fused-ring (bicyclic) bond motifs is 1. The summed E-state index contributed by atoms with van der Waals surface area (Å²) in [5.74, 6) is 1.01. The first-order valence-electron chi connectivity index (χ1n) is 9.43. The Kier molecular flexibility index (Phi) is 4.60. The van der Waals surface area contributed by atoms with Crippen molar-refractivity contribution in [1.29, 1.82) is 0 Å². The summed E-state index contributed by atoms with van der Waals surface area (Å²) in [5.41, 5.74) is 3.43. The van der Waals surface area contributed by atoms with Crippen LogP contribution >= 0.6 is 0 Å². The predicted octanol–water partition coefficient (Wildman–Crippen LogP) is 3.42. The maximum Gasteiger partial charge on any atom is 0.253 e.